The number of nitrogens with two attached hydrogens (primary N) is 2. The summed E-state index contributed by atoms with van der Waals surface area (Å²) in [6, 6.07) is 11.0. The Morgan fingerprint density at radius 3 is 2.16 bits per heavy atom. The third-order valence-corrected chi connectivity index (χ3v) is 3.46. The zero-order valence-electron chi connectivity index (χ0n) is 18.6. The van der Waals surface area contributed by atoms with Gasteiger partial charge in [-0.3, -0.25) is 0 Å². The predicted molar refractivity (Wildman–Crippen MR) is 123 cm³/mol. The standard InChI is InChI=1S/C15H21NO4.C6H7NO2.C2H6/c1-4-18-9-14(20-15(17)11(2)3)10-19-13-7-5-12(16)6-8-13;7-5-2-1-4(8)3-6(5)9;1-2/h5-8,14H,2,4,9-10,16H2,1,3H3;1-3,8-9H,7H2;1-2H3. The lowest BCUT2D eigenvalue weighted by molar-refractivity contribution is -0.149. The highest BCUT2D eigenvalue weighted by Crippen LogP contribution is 2.23. The van der Waals surface area contributed by atoms with Gasteiger partial charge in [0.05, 0.1) is 12.3 Å². The lowest BCUT2D eigenvalue weighted by Gasteiger charge is -2.18. The van der Waals surface area contributed by atoms with Crippen LogP contribution in [0.4, 0.5) is 11.4 Å². The van der Waals surface area contributed by atoms with Crippen molar-refractivity contribution in [2.75, 3.05) is 31.3 Å². The van der Waals surface area contributed by atoms with E-state index in [1.54, 1.807) is 31.2 Å². The van der Waals surface area contributed by atoms with Crippen LogP contribution in [0.2, 0.25) is 0 Å². The van der Waals surface area contributed by atoms with E-state index < -0.39 is 12.1 Å². The van der Waals surface area contributed by atoms with Crippen LogP contribution in [0.15, 0.2) is 54.6 Å². The van der Waals surface area contributed by atoms with Gasteiger partial charge in [0.1, 0.15) is 23.9 Å². The number of phenols is 2. The molecule has 8 nitrogen and oxygen atoms in total. The summed E-state index contributed by atoms with van der Waals surface area (Å²) in [7, 11) is 0. The first kappa shape index (κ1) is 27.6. The number of anilines is 2. The Labute approximate surface area is 184 Å². The fraction of sp³-hybridized carbons (Fsp3) is 0.348. The van der Waals surface area contributed by atoms with Gasteiger partial charge in [0.25, 0.3) is 0 Å². The lowest BCUT2D eigenvalue weighted by atomic mass is 10.3. The van der Waals surface area contributed by atoms with Crippen LogP contribution >= 0.6 is 0 Å². The number of aromatic hydroxyl groups is 2. The highest BCUT2D eigenvalue weighted by molar-refractivity contribution is 5.87. The van der Waals surface area contributed by atoms with Gasteiger partial charge in [-0.25, -0.2) is 4.79 Å². The number of carbonyl (C=O) groups excluding carboxylic acids is 1. The van der Waals surface area contributed by atoms with E-state index in [1.807, 2.05) is 20.8 Å². The van der Waals surface area contributed by atoms with Gasteiger partial charge in [0.15, 0.2) is 6.10 Å². The van der Waals surface area contributed by atoms with Crippen molar-refractivity contribution in [2.45, 2.75) is 33.8 Å². The first-order valence-corrected chi connectivity index (χ1v) is 9.93. The Kier molecular flexibility index (Phi) is 13.8. The van der Waals surface area contributed by atoms with E-state index >= 15 is 0 Å². The molecule has 0 amide bonds. The first-order valence-electron chi connectivity index (χ1n) is 9.93. The summed E-state index contributed by atoms with van der Waals surface area (Å²) in [4.78, 5) is 11.5. The maximum atomic E-state index is 11.5. The number of benzene rings is 2. The van der Waals surface area contributed by atoms with Crippen LogP contribution in [0.5, 0.6) is 17.2 Å². The molecule has 0 aliphatic rings. The third-order valence-electron chi connectivity index (χ3n) is 3.46. The Bertz CT molecular complexity index is 793. The van der Waals surface area contributed by atoms with Crippen LogP contribution in [0.25, 0.3) is 0 Å². The number of nitrogen functional groups attached to an aromatic ring is 2. The Morgan fingerprint density at radius 1 is 1.06 bits per heavy atom. The van der Waals surface area contributed by atoms with Gasteiger partial charge < -0.3 is 35.9 Å². The van der Waals surface area contributed by atoms with Crippen molar-refractivity contribution >= 4 is 17.3 Å². The molecule has 6 N–H and O–H groups in total. The molecule has 1 unspecified atom stereocenters. The molecule has 0 aromatic heterocycles. The fourth-order valence-electron chi connectivity index (χ4n) is 1.90. The maximum Gasteiger partial charge on any atom is 0.333 e. The average Bonchev–Trinajstić information content (AvgIpc) is 2.75. The van der Waals surface area contributed by atoms with Crippen molar-refractivity contribution in [3.63, 3.8) is 0 Å². The van der Waals surface area contributed by atoms with Crippen molar-refractivity contribution < 1.29 is 29.2 Å². The zero-order chi connectivity index (χ0) is 23.8. The number of phenolic OH excluding ortho intramolecular Hbond substituents is 2. The van der Waals surface area contributed by atoms with Crippen LogP contribution in [0, 0.1) is 0 Å². The van der Waals surface area contributed by atoms with Gasteiger partial charge in [-0.15, -0.1) is 0 Å². The van der Waals surface area contributed by atoms with Gasteiger partial charge in [-0.1, -0.05) is 20.4 Å². The molecular formula is C23H34N2O6. The van der Waals surface area contributed by atoms with Crippen molar-refractivity contribution in [2.24, 2.45) is 0 Å². The van der Waals surface area contributed by atoms with E-state index in [1.165, 1.54) is 18.2 Å². The molecule has 0 bridgehead atoms. The molecule has 172 valence electrons. The minimum Gasteiger partial charge on any atom is -0.508 e. The monoisotopic (exact) mass is 434 g/mol. The van der Waals surface area contributed by atoms with Crippen LogP contribution in [0.1, 0.15) is 27.7 Å². The molecule has 2 rings (SSSR count). The smallest absolute Gasteiger partial charge is 0.333 e. The van der Waals surface area contributed by atoms with Crippen LogP contribution < -0.4 is 16.2 Å². The highest BCUT2D eigenvalue weighted by Gasteiger charge is 2.16. The zero-order valence-corrected chi connectivity index (χ0v) is 18.6. The second-order valence-electron chi connectivity index (χ2n) is 6.09. The minimum absolute atomic E-state index is 0.0155. The highest BCUT2D eigenvalue weighted by atomic mass is 16.6. The van der Waals surface area contributed by atoms with Gasteiger partial charge in [0.2, 0.25) is 0 Å². The summed E-state index contributed by atoms with van der Waals surface area (Å²) in [6.45, 7) is 12.1. The topological polar surface area (TPSA) is 137 Å². The molecule has 8 heteroatoms. The van der Waals surface area contributed by atoms with E-state index in [-0.39, 0.29) is 30.4 Å². The molecule has 0 aliphatic carbocycles. The summed E-state index contributed by atoms with van der Waals surface area (Å²) >= 11 is 0. The quantitative estimate of drug-likeness (QED) is 0.161. The normalized spacial score (nSPS) is 10.5. The lowest BCUT2D eigenvalue weighted by Crippen LogP contribution is -2.30. The summed E-state index contributed by atoms with van der Waals surface area (Å²) in [6.07, 6.45) is -0.475. The Morgan fingerprint density at radius 2 is 1.68 bits per heavy atom. The second kappa shape index (κ2) is 15.4. The molecule has 0 spiro atoms. The summed E-state index contributed by atoms with van der Waals surface area (Å²) in [5.74, 6) is 0.138. The number of esters is 1. The van der Waals surface area contributed by atoms with Gasteiger partial charge in [0, 0.05) is 23.9 Å². The maximum absolute atomic E-state index is 11.5. The molecule has 31 heavy (non-hydrogen) atoms. The fourth-order valence-corrected chi connectivity index (χ4v) is 1.90. The van der Waals surface area contributed by atoms with Crippen LogP contribution in [-0.2, 0) is 14.3 Å². The molecule has 0 saturated carbocycles. The molecule has 0 aliphatic heterocycles. The Balaban J connectivity index is 0.000000679. The molecule has 0 saturated heterocycles. The second-order valence-corrected chi connectivity index (χ2v) is 6.09. The van der Waals surface area contributed by atoms with Crippen molar-refractivity contribution in [1.29, 1.82) is 0 Å². The summed E-state index contributed by atoms with van der Waals surface area (Å²) in [5, 5.41) is 17.5. The van der Waals surface area contributed by atoms with Crippen LogP contribution in [0.3, 0.4) is 0 Å². The Hall–Kier alpha value is -3.39. The number of hydrogen-bond acceptors (Lipinski definition) is 8. The largest absolute Gasteiger partial charge is 0.508 e. The number of carbonyl (C=O) groups is 1. The summed E-state index contributed by atoms with van der Waals surface area (Å²) in [5.41, 5.74) is 12.1. The van der Waals surface area contributed by atoms with Crippen molar-refractivity contribution in [1.82, 2.24) is 0 Å². The first-order chi connectivity index (χ1) is 14.7. The molecule has 0 radical (unpaired) electrons. The number of rotatable bonds is 8. The van der Waals surface area contributed by atoms with Gasteiger partial charge >= 0.3 is 5.97 Å². The predicted octanol–water partition coefficient (Wildman–Crippen LogP) is 3.88. The van der Waals surface area contributed by atoms with Gasteiger partial charge in [-0.2, -0.15) is 0 Å². The molecule has 1 atom stereocenters. The van der Waals surface area contributed by atoms with E-state index in [9.17, 15) is 4.79 Å². The molecular weight excluding hydrogens is 400 g/mol. The average molecular weight is 435 g/mol. The van der Waals surface area contributed by atoms with Gasteiger partial charge in [-0.05, 0) is 50.2 Å². The van der Waals surface area contributed by atoms with E-state index in [0.29, 0.717) is 23.6 Å². The van der Waals surface area contributed by atoms with E-state index in [4.69, 9.17) is 35.9 Å². The molecule has 0 fully saturated rings. The van der Waals surface area contributed by atoms with E-state index in [0.717, 1.165) is 0 Å². The number of hydrogen-bond donors (Lipinski definition) is 4. The minimum atomic E-state index is -0.475. The third kappa shape index (κ3) is 12.0. The number of ether oxygens (including phenoxy) is 3. The SMILES string of the molecule is C=C(C)C(=O)OC(COCC)COc1ccc(N)cc1.CC.Nc1ccc(O)cc1O. The molecule has 2 aromatic carbocycles. The van der Waals surface area contributed by atoms with Crippen LogP contribution in [-0.4, -0.2) is 42.1 Å². The summed E-state index contributed by atoms with van der Waals surface area (Å²) < 4.78 is 16.1. The molecule has 0 heterocycles. The van der Waals surface area contributed by atoms with E-state index in [2.05, 4.69) is 6.58 Å². The van der Waals surface area contributed by atoms with Crippen molar-refractivity contribution in [3.05, 3.63) is 54.6 Å². The molecule has 2 aromatic rings. The van der Waals surface area contributed by atoms with Crippen molar-refractivity contribution in [3.8, 4) is 17.2 Å².